The first-order chi connectivity index (χ1) is 11.8. The molecule has 0 bridgehead atoms. The fourth-order valence-electron chi connectivity index (χ4n) is 2.63. The molecule has 0 atom stereocenters. The van der Waals surface area contributed by atoms with Gasteiger partial charge in [0.25, 0.3) is 5.56 Å². The Morgan fingerprint density at radius 3 is 2.36 bits per heavy atom. The van der Waals surface area contributed by atoms with Crippen LogP contribution in [0.3, 0.4) is 0 Å². The molecule has 0 spiro atoms. The molecule has 25 heavy (non-hydrogen) atoms. The average Bonchev–Trinajstić information content (AvgIpc) is 2.48. The molecule has 1 heterocycles. The molecule has 136 valence electrons. The zero-order chi connectivity index (χ0) is 18.6. The largest absolute Gasteiger partial charge is 0.440 e. The van der Waals surface area contributed by atoms with Crippen LogP contribution in [0, 0.1) is 13.8 Å². The van der Waals surface area contributed by atoms with Crippen molar-refractivity contribution in [2.45, 2.75) is 40.3 Å². The molecule has 7 heteroatoms. The Morgan fingerprint density at radius 1 is 1.16 bits per heavy atom. The zero-order valence-electron chi connectivity index (χ0n) is 15.0. The first kappa shape index (κ1) is 19.0. The summed E-state index contributed by atoms with van der Waals surface area (Å²) in [6.45, 7) is 7.37. The van der Waals surface area contributed by atoms with Gasteiger partial charge in [0, 0.05) is 0 Å². The zero-order valence-corrected chi connectivity index (χ0v) is 15.0. The van der Waals surface area contributed by atoms with Crippen molar-refractivity contribution < 1.29 is 14.6 Å². The number of benzene rings is 1. The third-order valence-corrected chi connectivity index (χ3v) is 3.63. The monoisotopic (exact) mass is 348 g/mol. The highest BCUT2D eigenvalue weighted by atomic mass is 16.5. The number of aromatic amines is 1. The van der Waals surface area contributed by atoms with Gasteiger partial charge >= 0.3 is 5.69 Å². The second kappa shape index (κ2) is 8.13. The minimum atomic E-state index is -0.619. The van der Waals surface area contributed by atoms with Gasteiger partial charge in [-0.1, -0.05) is 19.9 Å². The summed E-state index contributed by atoms with van der Waals surface area (Å²) < 4.78 is 12.4. The molecule has 2 N–H and O–H groups in total. The van der Waals surface area contributed by atoms with Crippen LogP contribution in [0.4, 0.5) is 0 Å². The number of nitrogens with one attached hydrogen (secondary N) is 1. The van der Waals surface area contributed by atoms with Crippen molar-refractivity contribution >= 4 is 0 Å². The van der Waals surface area contributed by atoms with Crippen LogP contribution < -0.4 is 16.0 Å². The quantitative estimate of drug-likeness (QED) is 0.747. The fraction of sp³-hybridized carbons (Fsp3) is 0.444. The van der Waals surface area contributed by atoms with Crippen LogP contribution in [0.15, 0.2) is 27.8 Å². The maximum atomic E-state index is 12.3. The molecule has 1 aromatic heterocycles. The summed E-state index contributed by atoms with van der Waals surface area (Å²) in [6.07, 6.45) is 0. The highest BCUT2D eigenvalue weighted by molar-refractivity contribution is 5.38. The summed E-state index contributed by atoms with van der Waals surface area (Å²) in [5.41, 5.74) is 1.29. The van der Waals surface area contributed by atoms with E-state index in [1.807, 2.05) is 45.9 Å². The SMILES string of the molecule is Cc1cc(C)cc(Oc2c(C(C)C)c(=O)[nH]c(=O)n2COCCO)c1. The molecular weight excluding hydrogens is 324 g/mol. The van der Waals surface area contributed by atoms with Crippen LogP contribution in [0.1, 0.15) is 36.5 Å². The summed E-state index contributed by atoms with van der Waals surface area (Å²) in [5.74, 6) is 0.543. The molecule has 0 saturated carbocycles. The number of aliphatic hydroxyl groups is 1. The third kappa shape index (κ3) is 4.58. The molecule has 0 aliphatic heterocycles. The van der Waals surface area contributed by atoms with Crippen LogP contribution in [0.2, 0.25) is 0 Å². The van der Waals surface area contributed by atoms with E-state index in [-0.39, 0.29) is 31.7 Å². The van der Waals surface area contributed by atoms with E-state index in [1.165, 1.54) is 4.57 Å². The second-order valence-electron chi connectivity index (χ2n) is 6.25. The minimum absolute atomic E-state index is 0.0750. The van der Waals surface area contributed by atoms with Crippen LogP contribution in [0.25, 0.3) is 0 Å². The molecule has 2 rings (SSSR count). The topological polar surface area (TPSA) is 93.6 Å². The van der Waals surface area contributed by atoms with Crippen LogP contribution in [-0.4, -0.2) is 27.9 Å². The molecular formula is C18H24N2O5. The highest BCUT2D eigenvalue weighted by Gasteiger charge is 2.20. The van der Waals surface area contributed by atoms with Crippen LogP contribution in [0.5, 0.6) is 11.6 Å². The first-order valence-corrected chi connectivity index (χ1v) is 8.15. The Morgan fingerprint density at radius 2 is 1.80 bits per heavy atom. The lowest BCUT2D eigenvalue weighted by atomic mass is 10.1. The second-order valence-corrected chi connectivity index (χ2v) is 6.25. The third-order valence-electron chi connectivity index (χ3n) is 3.63. The number of hydrogen-bond donors (Lipinski definition) is 2. The van der Waals surface area contributed by atoms with E-state index in [1.54, 1.807) is 0 Å². The average molecular weight is 348 g/mol. The van der Waals surface area contributed by atoms with E-state index < -0.39 is 11.2 Å². The summed E-state index contributed by atoms with van der Waals surface area (Å²) in [7, 11) is 0. The van der Waals surface area contributed by atoms with E-state index in [0.29, 0.717) is 11.3 Å². The number of rotatable bonds is 7. The fourth-order valence-corrected chi connectivity index (χ4v) is 2.63. The molecule has 0 aliphatic rings. The molecule has 0 aliphatic carbocycles. The summed E-state index contributed by atoms with van der Waals surface area (Å²) in [4.78, 5) is 26.8. The van der Waals surface area contributed by atoms with Gasteiger partial charge in [0.05, 0.1) is 18.8 Å². The van der Waals surface area contributed by atoms with Crippen molar-refractivity contribution in [3.8, 4) is 11.6 Å². The Bertz CT molecular complexity index is 831. The van der Waals surface area contributed by atoms with Gasteiger partial charge in [0.15, 0.2) is 0 Å². The van der Waals surface area contributed by atoms with Crippen molar-refractivity contribution in [2.24, 2.45) is 0 Å². The van der Waals surface area contributed by atoms with Crippen LogP contribution >= 0.6 is 0 Å². The van der Waals surface area contributed by atoms with Gasteiger partial charge in [-0.3, -0.25) is 9.78 Å². The normalized spacial score (nSPS) is 11.1. The molecule has 0 saturated heterocycles. The van der Waals surface area contributed by atoms with Crippen LogP contribution in [-0.2, 0) is 11.5 Å². The smallest absolute Gasteiger partial charge is 0.333 e. The van der Waals surface area contributed by atoms with Gasteiger partial charge in [-0.05, 0) is 43.0 Å². The Hall–Kier alpha value is -2.38. The van der Waals surface area contributed by atoms with Crippen molar-refractivity contribution in [3.63, 3.8) is 0 Å². The van der Waals surface area contributed by atoms with E-state index in [9.17, 15) is 9.59 Å². The van der Waals surface area contributed by atoms with E-state index in [2.05, 4.69) is 4.98 Å². The summed E-state index contributed by atoms with van der Waals surface area (Å²) >= 11 is 0. The highest BCUT2D eigenvalue weighted by Crippen LogP contribution is 2.28. The van der Waals surface area contributed by atoms with Crippen molar-refractivity contribution in [3.05, 3.63) is 55.7 Å². The van der Waals surface area contributed by atoms with E-state index >= 15 is 0 Å². The number of H-pyrrole nitrogens is 1. The lowest BCUT2D eigenvalue weighted by Crippen LogP contribution is -2.34. The van der Waals surface area contributed by atoms with Gasteiger partial charge < -0.3 is 14.6 Å². The Balaban J connectivity index is 2.58. The van der Waals surface area contributed by atoms with Crippen molar-refractivity contribution in [2.75, 3.05) is 13.2 Å². The van der Waals surface area contributed by atoms with Gasteiger partial charge in [-0.15, -0.1) is 0 Å². The summed E-state index contributed by atoms with van der Waals surface area (Å²) in [5, 5.41) is 8.86. The molecule has 0 amide bonds. The van der Waals surface area contributed by atoms with Gasteiger partial charge in [-0.25, -0.2) is 9.36 Å². The number of aliphatic hydroxyl groups excluding tert-OH is 1. The molecule has 2 aromatic rings. The van der Waals surface area contributed by atoms with E-state index in [4.69, 9.17) is 14.6 Å². The Labute approximate surface area is 145 Å². The molecule has 7 nitrogen and oxygen atoms in total. The Kier molecular flexibility index (Phi) is 6.17. The van der Waals surface area contributed by atoms with Gasteiger partial charge in [-0.2, -0.15) is 0 Å². The molecule has 0 radical (unpaired) electrons. The number of aryl methyl sites for hydroxylation is 2. The molecule has 0 unspecified atom stereocenters. The number of nitrogens with zero attached hydrogens (tertiary/aromatic N) is 1. The predicted octanol–water partition coefficient (Wildman–Crippen LogP) is 2.04. The molecule has 0 fully saturated rings. The minimum Gasteiger partial charge on any atom is -0.440 e. The van der Waals surface area contributed by atoms with Gasteiger partial charge in [0.2, 0.25) is 5.88 Å². The number of aromatic nitrogens is 2. The predicted molar refractivity (Wildman–Crippen MR) is 94.4 cm³/mol. The number of hydrogen-bond acceptors (Lipinski definition) is 5. The maximum Gasteiger partial charge on any atom is 0.333 e. The standard InChI is InChI=1S/C18H24N2O5/c1-11(2)15-16(22)19-18(23)20(10-24-6-5-21)17(15)25-14-8-12(3)7-13(4)9-14/h7-9,11,21H,5-6,10H2,1-4H3,(H,19,22,23). The number of ether oxygens (including phenoxy) is 2. The lowest BCUT2D eigenvalue weighted by Gasteiger charge is -2.18. The summed E-state index contributed by atoms with van der Waals surface area (Å²) in [6, 6.07) is 5.68. The lowest BCUT2D eigenvalue weighted by molar-refractivity contribution is 0.0420. The molecule has 1 aromatic carbocycles. The van der Waals surface area contributed by atoms with Gasteiger partial charge in [0.1, 0.15) is 12.5 Å². The van der Waals surface area contributed by atoms with E-state index in [0.717, 1.165) is 11.1 Å². The van der Waals surface area contributed by atoms with Crippen molar-refractivity contribution in [1.82, 2.24) is 9.55 Å². The first-order valence-electron chi connectivity index (χ1n) is 8.15. The maximum absolute atomic E-state index is 12.3. The van der Waals surface area contributed by atoms with Crippen molar-refractivity contribution in [1.29, 1.82) is 0 Å².